The lowest BCUT2D eigenvalue weighted by atomic mass is 10.1. The standard InChI is InChI=1S/C21H23N3O2/c1-24(2)14-20(25)22-16-9-11-17(12-10-16)23-21-18-7-5-4-6-15(18)8-13-19(21)26-3/h4-13,23H,14H2,1-3H3,(H,22,25). The van der Waals surface area contributed by atoms with Crippen molar-refractivity contribution in [2.45, 2.75) is 0 Å². The number of anilines is 3. The number of hydrogen-bond donors (Lipinski definition) is 2. The van der Waals surface area contributed by atoms with Crippen molar-refractivity contribution in [3.8, 4) is 5.75 Å². The molecule has 0 aliphatic rings. The lowest BCUT2D eigenvalue weighted by Gasteiger charge is -2.15. The predicted molar refractivity (Wildman–Crippen MR) is 107 cm³/mol. The smallest absolute Gasteiger partial charge is 0.238 e. The molecule has 0 saturated carbocycles. The summed E-state index contributed by atoms with van der Waals surface area (Å²) in [7, 11) is 5.40. The summed E-state index contributed by atoms with van der Waals surface area (Å²) < 4.78 is 5.51. The van der Waals surface area contributed by atoms with Gasteiger partial charge in [-0.3, -0.25) is 4.79 Å². The zero-order valence-corrected chi connectivity index (χ0v) is 15.2. The topological polar surface area (TPSA) is 53.6 Å². The van der Waals surface area contributed by atoms with Crippen LogP contribution in [0.4, 0.5) is 17.1 Å². The van der Waals surface area contributed by atoms with Gasteiger partial charge in [0, 0.05) is 16.8 Å². The minimum atomic E-state index is -0.0357. The van der Waals surface area contributed by atoms with E-state index in [1.54, 1.807) is 7.11 Å². The van der Waals surface area contributed by atoms with E-state index < -0.39 is 0 Å². The Morgan fingerprint density at radius 3 is 2.35 bits per heavy atom. The number of likely N-dealkylation sites (N-methyl/N-ethyl adjacent to an activating group) is 1. The van der Waals surface area contributed by atoms with Gasteiger partial charge in [-0.15, -0.1) is 0 Å². The maximum atomic E-state index is 11.8. The van der Waals surface area contributed by atoms with Crippen LogP contribution in [0, 0.1) is 0 Å². The van der Waals surface area contributed by atoms with Crippen LogP contribution < -0.4 is 15.4 Å². The molecule has 0 saturated heterocycles. The second-order valence-corrected chi connectivity index (χ2v) is 6.35. The van der Waals surface area contributed by atoms with Crippen molar-refractivity contribution < 1.29 is 9.53 Å². The van der Waals surface area contributed by atoms with E-state index in [0.717, 1.165) is 33.6 Å². The second-order valence-electron chi connectivity index (χ2n) is 6.35. The maximum Gasteiger partial charge on any atom is 0.238 e. The molecule has 1 amide bonds. The average Bonchev–Trinajstić information content (AvgIpc) is 2.63. The van der Waals surface area contributed by atoms with Gasteiger partial charge in [0.1, 0.15) is 5.75 Å². The molecule has 0 aliphatic carbocycles. The van der Waals surface area contributed by atoms with E-state index in [-0.39, 0.29) is 5.91 Å². The van der Waals surface area contributed by atoms with Crippen molar-refractivity contribution in [2.75, 3.05) is 38.4 Å². The normalized spacial score (nSPS) is 10.8. The van der Waals surface area contributed by atoms with E-state index >= 15 is 0 Å². The molecule has 0 radical (unpaired) electrons. The van der Waals surface area contributed by atoms with Crippen LogP contribution in [0.25, 0.3) is 10.8 Å². The molecular weight excluding hydrogens is 326 g/mol. The molecule has 26 heavy (non-hydrogen) atoms. The molecule has 3 aromatic carbocycles. The first-order valence-electron chi connectivity index (χ1n) is 8.44. The van der Waals surface area contributed by atoms with Crippen molar-refractivity contribution in [3.63, 3.8) is 0 Å². The average molecular weight is 349 g/mol. The highest BCUT2D eigenvalue weighted by atomic mass is 16.5. The quantitative estimate of drug-likeness (QED) is 0.704. The van der Waals surface area contributed by atoms with E-state index in [2.05, 4.69) is 22.8 Å². The van der Waals surface area contributed by atoms with Gasteiger partial charge in [-0.2, -0.15) is 0 Å². The number of benzene rings is 3. The third kappa shape index (κ3) is 4.13. The van der Waals surface area contributed by atoms with Gasteiger partial charge in [0.2, 0.25) is 5.91 Å². The van der Waals surface area contributed by atoms with E-state index in [0.29, 0.717) is 6.54 Å². The summed E-state index contributed by atoms with van der Waals surface area (Å²) in [5, 5.41) is 8.55. The Morgan fingerprint density at radius 1 is 0.962 bits per heavy atom. The minimum absolute atomic E-state index is 0.0357. The van der Waals surface area contributed by atoms with Gasteiger partial charge < -0.3 is 20.3 Å². The summed E-state index contributed by atoms with van der Waals surface area (Å²) in [6.45, 7) is 0.354. The van der Waals surface area contributed by atoms with Gasteiger partial charge in [0.15, 0.2) is 0 Å². The van der Waals surface area contributed by atoms with Crippen molar-refractivity contribution in [3.05, 3.63) is 60.7 Å². The number of fused-ring (bicyclic) bond motifs is 1. The van der Waals surface area contributed by atoms with Crippen LogP contribution in [0.1, 0.15) is 0 Å². The van der Waals surface area contributed by atoms with Gasteiger partial charge >= 0.3 is 0 Å². The lowest BCUT2D eigenvalue weighted by Crippen LogP contribution is -2.27. The van der Waals surface area contributed by atoms with Crippen molar-refractivity contribution in [1.29, 1.82) is 0 Å². The fraction of sp³-hybridized carbons (Fsp3) is 0.190. The number of methoxy groups -OCH3 is 1. The number of carbonyl (C=O) groups is 1. The molecule has 0 bridgehead atoms. The molecule has 0 aliphatic heterocycles. The van der Waals surface area contributed by atoms with Gasteiger partial charge in [-0.05, 0) is 49.8 Å². The predicted octanol–water partition coefficient (Wildman–Crippen LogP) is 4.09. The second kappa shape index (κ2) is 7.89. The van der Waals surface area contributed by atoms with Crippen molar-refractivity contribution in [2.24, 2.45) is 0 Å². The van der Waals surface area contributed by atoms with Crippen LogP contribution in [0.15, 0.2) is 60.7 Å². The summed E-state index contributed by atoms with van der Waals surface area (Å²) in [5.41, 5.74) is 2.62. The Kier molecular flexibility index (Phi) is 5.39. The van der Waals surface area contributed by atoms with E-state index in [4.69, 9.17) is 4.74 Å². The molecule has 2 N–H and O–H groups in total. The molecular formula is C21H23N3O2. The minimum Gasteiger partial charge on any atom is -0.495 e. The van der Waals surface area contributed by atoms with E-state index in [1.807, 2.05) is 67.5 Å². The Hall–Kier alpha value is -3.05. The fourth-order valence-corrected chi connectivity index (χ4v) is 2.82. The number of carbonyl (C=O) groups excluding carboxylic acids is 1. The summed E-state index contributed by atoms with van der Waals surface area (Å²) in [4.78, 5) is 13.7. The maximum absolute atomic E-state index is 11.8. The number of nitrogens with one attached hydrogen (secondary N) is 2. The number of rotatable bonds is 6. The highest BCUT2D eigenvalue weighted by Crippen LogP contribution is 2.35. The third-order valence-electron chi connectivity index (χ3n) is 4.01. The summed E-state index contributed by atoms with van der Waals surface area (Å²) >= 11 is 0. The van der Waals surface area contributed by atoms with Crippen LogP contribution in [-0.4, -0.2) is 38.6 Å². The van der Waals surface area contributed by atoms with Crippen LogP contribution in [0.3, 0.4) is 0 Å². The number of amides is 1. The third-order valence-corrected chi connectivity index (χ3v) is 4.01. The van der Waals surface area contributed by atoms with Crippen molar-refractivity contribution >= 4 is 33.7 Å². The van der Waals surface area contributed by atoms with Gasteiger partial charge in [-0.1, -0.05) is 30.3 Å². The van der Waals surface area contributed by atoms with Gasteiger partial charge in [0.25, 0.3) is 0 Å². The highest BCUT2D eigenvalue weighted by molar-refractivity contribution is 5.98. The molecule has 134 valence electrons. The highest BCUT2D eigenvalue weighted by Gasteiger charge is 2.09. The number of hydrogen-bond acceptors (Lipinski definition) is 4. The first-order chi connectivity index (χ1) is 12.6. The first-order valence-corrected chi connectivity index (χ1v) is 8.44. The van der Waals surface area contributed by atoms with Gasteiger partial charge in [0.05, 0.1) is 19.3 Å². The lowest BCUT2D eigenvalue weighted by molar-refractivity contribution is -0.116. The molecule has 0 spiro atoms. The molecule has 0 heterocycles. The summed E-state index contributed by atoms with van der Waals surface area (Å²) in [5.74, 6) is 0.749. The van der Waals surface area contributed by atoms with Crippen molar-refractivity contribution in [1.82, 2.24) is 4.90 Å². The Balaban J connectivity index is 1.81. The summed E-state index contributed by atoms with van der Waals surface area (Å²) in [6.07, 6.45) is 0. The zero-order valence-electron chi connectivity index (χ0n) is 15.2. The van der Waals surface area contributed by atoms with Crippen LogP contribution in [0.5, 0.6) is 5.75 Å². The Morgan fingerprint density at radius 2 is 1.65 bits per heavy atom. The Bertz CT molecular complexity index is 905. The van der Waals surface area contributed by atoms with E-state index in [9.17, 15) is 4.79 Å². The number of ether oxygens (including phenoxy) is 1. The molecule has 5 nitrogen and oxygen atoms in total. The summed E-state index contributed by atoms with van der Waals surface area (Å²) in [6, 6.07) is 19.8. The fourth-order valence-electron chi connectivity index (χ4n) is 2.82. The van der Waals surface area contributed by atoms with E-state index in [1.165, 1.54) is 0 Å². The zero-order chi connectivity index (χ0) is 18.5. The first kappa shape index (κ1) is 17.8. The Labute approximate surface area is 153 Å². The largest absolute Gasteiger partial charge is 0.495 e. The molecule has 0 fully saturated rings. The number of nitrogens with zero attached hydrogens (tertiary/aromatic N) is 1. The molecule has 3 aromatic rings. The SMILES string of the molecule is COc1ccc2ccccc2c1Nc1ccc(NC(=O)CN(C)C)cc1. The molecule has 0 aromatic heterocycles. The van der Waals surface area contributed by atoms with Crippen LogP contribution in [-0.2, 0) is 4.79 Å². The van der Waals surface area contributed by atoms with Gasteiger partial charge in [-0.25, -0.2) is 0 Å². The molecule has 0 unspecified atom stereocenters. The van der Waals surface area contributed by atoms with Crippen LogP contribution >= 0.6 is 0 Å². The molecule has 5 heteroatoms. The van der Waals surface area contributed by atoms with Crippen LogP contribution in [0.2, 0.25) is 0 Å². The molecule has 0 atom stereocenters. The molecule has 3 rings (SSSR count). The monoisotopic (exact) mass is 349 g/mol.